The summed E-state index contributed by atoms with van der Waals surface area (Å²) in [6.45, 7) is 6.88. The Bertz CT molecular complexity index is 441. The van der Waals surface area contributed by atoms with Gasteiger partial charge in [-0.2, -0.15) is 0 Å². The Morgan fingerprint density at radius 1 is 1.29 bits per heavy atom. The first-order chi connectivity index (χ1) is 10.1. The zero-order chi connectivity index (χ0) is 15.2. The zero-order valence-corrected chi connectivity index (χ0v) is 13.0. The van der Waals surface area contributed by atoms with Crippen LogP contribution in [0.5, 0.6) is 0 Å². The second-order valence-electron chi connectivity index (χ2n) is 6.12. The van der Waals surface area contributed by atoms with Gasteiger partial charge in [0.1, 0.15) is 0 Å². The summed E-state index contributed by atoms with van der Waals surface area (Å²) in [5, 5.41) is 12.5. The fourth-order valence-electron chi connectivity index (χ4n) is 2.83. The molecule has 1 fully saturated rings. The number of carbonyl (C=O) groups is 1. The molecule has 1 aliphatic heterocycles. The Labute approximate surface area is 127 Å². The fraction of sp³-hybridized carbons (Fsp3) is 0.588. The van der Waals surface area contributed by atoms with Crippen LogP contribution in [0, 0.1) is 5.92 Å². The molecule has 2 unspecified atom stereocenters. The van der Waals surface area contributed by atoms with Crippen molar-refractivity contribution in [1.82, 2.24) is 10.2 Å². The summed E-state index contributed by atoms with van der Waals surface area (Å²) < 4.78 is 0. The van der Waals surface area contributed by atoms with E-state index in [1.807, 2.05) is 13.0 Å². The highest BCUT2D eigenvalue weighted by atomic mass is 16.4. The first-order valence-electron chi connectivity index (χ1n) is 7.81. The van der Waals surface area contributed by atoms with Crippen molar-refractivity contribution in [2.45, 2.75) is 45.3 Å². The topological polar surface area (TPSA) is 52.6 Å². The summed E-state index contributed by atoms with van der Waals surface area (Å²) in [6, 6.07) is 11.0. The molecule has 0 amide bonds. The molecule has 116 valence electrons. The Hall–Kier alpha value is -1.39. The van der Waals surface area contributed by atoms with Crippen LogP contribution < -0.4 is 5.32 Å². The number of aliphatic carboxylic acids is 1. The van der Waals surface area contributed by atoms with E-state index in [-0.39, 0.29) is 12.0 Å². The number of nitrogens with zero attached hydrogens (tertiary/aromatic N) is 1. The van der Waals surface area contributed by atoms with Crippen molar-refractivity contribution in [3.63, 3.8) is 0 Å². The molecule has 2 rings (SSSR count). The molecule has 4 heteroatoms. The van der Waals surface area contributed by atoms with Gasteiger partial charge >= 0.3 is 5.97 Å². The van der Waals surface area contributed by atoms with E-state index in [2.05, 4.69) is 34.5 Å². The lowest BCUT2D eigenvalue weighted by molar-refractivity contribution is -0.142. The van der Waals surface area contributed by atoms with Crippen LogP contribution in [0.2, 0.25) is 0 Å². The van der Waals surface area contributed by atoms with Crippen LogP contribution in [-0.4, -0.2) is 41.1 Å². The van der Waals surface area contributed by atoms with E-state index >= 15 is 0 Å². The number of likely N-dealkylation sites (tertiary alicyclic amines) is 1. The Balaban J connectivity index is 1.74. The second-order valence-corrected chi connectivity index (χ2v) is 6.12. The molecule has 1 saturated heterocycles. The van der Waals surface area contributed by atoms with E-state index in [0.29, 0.717) is 6.04 Å². The van der Waals surface area contributed by atoms with E-state index in [1.165, 1.54) is 5.56 Å². The van der Waals surface area contributed by atoms with Gasteiger partial charge in [-0.3, -0.25) is 9.69 Å². The lowest BCUT2D eigenvalue weighted by Crippen LogP contribution is -2.48. The molecule has 0 bridgehead atoms. The number of carboxylic acids is 1. The SMILES string of the molecule is CC(NC1CCN(Cc2ccccc2)CC1)C(C)C(=O)O. The average Bonchev–Trinajstić information content (AvgIpc) is 2.49. The molecule has 1 aromatic carbocycles. The van der Waals surface area contributed by atoms with Crippen molar-refractivity contribution >= 4 is 5.97 Å². The molecule has 1 heterocycles. The van der Waals surface area contributed by atoms with Crippen molar-refractivity contribution in [1.29, 1.82) is 0 Å². The fourth-order valence-corrected chi connectivity index (χ4v) is 2.83. The van der Waals surface area contributed by atoms with Gasteiger partial charge in [0.2, 0.25) is 0 Å². The van der Waals surface area contributed by atoms with Crippen LogP contribution >= 0.6 is 0 Å². The van der Waals surface area contributed by atoms with Crippen LogP contribution in [0.1, 0.15) is 32.3 Å². The van der Waals surface area contributed by atoms with Crippen LogP contribution in [0.3, 0.4) is 0 Å². The minimum atomic E-state index is -0.725. The van der Waals surface area contributed by atoms with Crippen molar-refractivity contribution < 1.29 is 9.90 Å². The number of piperidine rings is 1. The van der Waals surface area contributed by atoms with E-state index in [1.54, 1.807) is 6.92 Å². The predicted molar refractivity (Wildman–Crippen MR) is 84.1 cm³/mol. The van der Waals surface area contributed by atoms with Gasteiger partial charge in [-0.15, -0.1) is 0 Å². The summed E-state index contributed by atoms with van der Waals surface area (Å²) in [7, 11) is 0. The van der Waals surface area contributed by atoms with Crippen LogP contribution in [0.25, 0.3) is 0 Å². The maximum Gasteiger partial charge on any atom is 0.307 e. The maximum absolute atomic E-state index is 11.0. The number of nitrogens with one attached hydrogen (secondary N) is 1. The zero-order valence-electron chi connectivity index (χ0n) is 13.0. The first-order valence-corrected chi connectivity index (χ1v) is 7.81. The third kappa shape index (κ3) is 4.83. The monoisotopic (exact) mass is 290 g/mol. The molecule has 0 aromatic heterocycles. The molecule has 1 aliphatic rings. The standard InChI is InChI=1S/C17H26N2O2/c1-13(17(20)21)14(2)18-16-8-10-19(11-9-16)12-15-6-4-3-5-7-15/h3-7,13-14,16,18H,8-12H2,1-2H3,(H,20,21). The minimum absolute atomic E-state index is 0.0215. The molecule has 0 saturated carbocycles. The van der Waals surface area contributed by atoms with Crippen LogP contribution in [0.4, 0.5) is 0 Å². The first kappa shape index (κ1) is 16.0. The third-order valence-corrected chi connectivity index (χ3v) is 4.47. The predicted octanol–water partition coefficient (Wildman–Crippen LogP) is 2.35. The summed E-state index contributed by atoms with van der Waals surface area (Å²) in [6.07, 6.45) is 2.17. The molecular formula is C17H26N2O2. The van der Waals surface area contributed by atoms with Gasteiger partial charge in [0.15, 0.2) is 0 Å². The van der Waals surface area contributed by atoms with Crippen molar-refractivity contribution in [3.8, 4) is 0 Å². The molecule has 2 atom stereocenters. The summed E-state index contributed by atoms with van der Waals surface area (Å²) in [5.74, 6) is -1.07. The molecular weight excluding hydrogens is 264 g/mol. The molecule has 1 aromatic rings. The van der Waals surface area contributed by atoms with Gasteiger partial charge in [0.05, 0.1) is 5.92 Å². The van der Waals surface area contributed by atoms with Gasteiger partial charge in [-0.05, 0) is 38.4 Å². The number of rotatable bonds is 6. The number of hydrogen-bond acceptors (Lipinski definition) is 3. The largest absolute Gasteiger partial charge is 0.481 e. The minimum Gasteiger partial charge on any atom is -0.481 e. The van der Waals surface area contributed by atoms with Crippen molar-refractivity contribution in [2.24, 2.45) is 5.92 Å². The molecule has 2 N–H and O–H groups in total. The summed E-state index contributed by atoms with van der Waals surface area (Å²) >= 11 is 0. The van der Waals surface area contributed by atoms with Gasteiger partial charge < -0.3 is 10.4 Å². The second kappa shape index (κ2) is 7.57. The van der Waals surface area contributed by atoms with E-state index in [0.717, 1.165) is 32.5 Å². The van der Waals surface area contributed by atoms with E-state index in [9.17, 15) is 4.79 Å². The summed E-state index contributed by atoms with van der Waals surface area (Å²) in [5.41, 5.74) is 1.36. The smallest absolute Gasteiger partial charge is 0.307 e. The van der Waals surface area contributed by atoms with Crippen LogP contribution in [0.15, 0.2) is 30.3 Å². The summed E-state index contributed by atoms with van der Waals surface area (Å²) in [4.78, 5) is 13.5. The van der Waals surface area contributed by atoms with Crippen molar-refractivity contribution in [3.05, 3.63) is 35.9 Å². The highest BCUT2D eigenvalue weighted by molar-refractivity contribution is 5.70. The molecule has 0 radical (unpaired) electrons. The van der Waals surface area contributed by atoms with Gasteiger partial charge in [-0.1, -0.05) is 37.3 Å². The lowest BCUT2D eigenvalue weighted by atomic mass is 9.99. The highest BCUT2D eigenvalue weighted by Crippen LogP contribution is 2.15. The molecule has 21 heavy (non-hydrogen) atoms. The highest BCUT2D eigenvalue weighted by Gasteiger charge is 2.24. The third-order valence-electron chi connectivity index (χ3n) is 4.47. The number of benzene rings is 1. The van der Waals surface area contributed by atoms with E-state index in [4.69, 9.17) is 5.11 Å². The Morgan fingerprint density at radius 3 is 2.48 bits per heavy atom. The lowest BCUT2D eigenvalue weighted by Gasteiger charge is -2.34. The van der Waals surface area contributed by atoms with Crippen molar-refractivity contribution in [2.75, 3.05) is 13.1 Å². The number of carboxylic acid groups (broad SMARTS) is 1. The molecule has 0 aliphatic carbocycles. The Morgan fingerprint density at radius 2 is 1.90 bits per heavy atom. The van der Waals surface area contributed by atoms with Gasteiger partial charge in [-0.25, -0.2) is 0 Å². The Kier molecular flexibility index (Phi) is 5.76. The molecule has 4 nitrogen and oxygen atoms in total. The maximum atomic E-state index is 11.0. The normalized spacial score (nSPS) is 20.1. The van der Waals surface area contributed by atoms with Crippen LogP contribution in [-0.2, 0) is 11.3 Å². The number of hydrogen-bond donors (Lipinski definition) is 2. The quantitative estimate of drug-likeness (QED) is 0.844. The average molecular weight is 290 g/mol. The van der Waals surface area contributed by atoms with E-state index < -0.39 is 5.97 Å². The van der Waals surface area contributed by atoms with Gasteiger partial charge in [0, 0.05) is 18.6 Å². The molecule has 0 spiro atoms. The van der Waals surface area contributed by atoms with Gasteiger partial charge in [0.25, 0.3) is 0 Å².